The highest BCUT2D eigenvalue weighted by Gasteiger charge is 2.19. The largest absolute Gasteiger partial charge is 0.394 e. The lowest BCUT2D eigenvalue weighted by molar-refractivity contribution is 0.0202. The lowest BCUT2D eigenvalue weighted by atomic mass is 10.3. The Morgan fingerprint density at radius 1 is 1.45 bits per heavy atom. The van der Waals surface area contributed by atoms with Gasteiger partial charge in [-0.1, -0.05) is 0 Å². The van der Waals surface area contributed by atoms with Crippen LogP contribution in [0.1, 0.15) is 0 Å². The van der Waals surface area contributed by atoms with Crippen molar-refractivity contribution >= 4 is 24.6 Å². The number of hydrogen-bond donors (Lipinski definition) is 4. The fourth-order valence-electron chi connectivity index (χ4n) is 1.54. The molecule has 2 heterocycles. The van der Waals surface area contributed by atoms with Gasteiger partial charge in [-0.25, -0.2) is 4.98 Å². The summed E-state index contributed by atoms with van der Waals surface area (Å²) in [5.74, 6) is 0.116. The number of imidazole rings is 1. The molecular formula is C8H13N6O5P. The van der Waals surface area contributed by atoms with Gasteiger partial charge in [-0.05, 0) is 5.21 Å². The van der Waals surface area contributed by atoms with Crippen molar-refractivity contribution in [3.05, 3.63) is 6.33 Å². The van der Waals surface area contributed by atoms with Crippen molar-refractivity contribution in [1.82, 2.24) is 25.0 Å². The van der Waals surface area contributed by atoms with Crippen LogP contribution in [0, 0.1) is 0 Å². The summed E-state index contributed by atoms with van der Waals surface area (Å²) in [5, 5.41) is 19.9. The van der Waals surface area contributed by atoms with Crippen LogP contribution in [0.25, 0.3) is 11.2 Å². The number of aliphatic hydroxyl groups excluding tert-OH is 1. The zero-order chi connectivity index (χ0) is 14.8. The number of aliphatic hydroxyl groups is 1. The number of anilines is 1. The normalized spacial score (nSPS) is 13.8. The zero-order valence-corrected chi connectivity index (χ0v) is 11.1. The first-order valence-corrected chi connectivity index (χ1v) is 7.27. The van der Waals surface area contributed by atoms with Crippen molar-refractivity contribution in [1.29, 1.82) is 0 Å². The summed E-state index contributed by atoms with van der Waals surface area (Å²) in [6.07, 6.45) is -0.197. The molecule has 0 aliphatic carbocycles. The molecule has 0 spiro atoms. The highest BCUT2D eigenvalue weighted by Crippen LogP contribution is 2.34. The van der Waals surface area contributed by atoms with E-state index in [1.807, 2.05) is 0 Å². The monoisotopic (exact) mass is 304 g/mol. The lowest BCUT2D eigenvalue weighted by Crippen LogP contribution is -2.24. The first-order chi connectivity index (χ1) is 9.40. The molecule has 0 bridgehead atoms. The summed E-state index contributed by atoms with van der Waals surface area (Å²) in [4.78, 5) is 21.5. The molecule has 110 valence electrons. The van der Waals surface area contributed by atoms with Crippen molar-refractivity contribution in [3.63, 3.8) is 0 Å². The Labute approximate surface area is 112 Å². The van der Waals surface area contributed by atoms with Crippen molar-refractivity contribution in [2.75, 3.05) is 18.7 Å². The number of nitrogen functional groups attached to an aromatic ring is 1. The Bertz CT molecular complexity index is 641. The molecule has 2 aromatic rings. The Morgan fingerprint density at radius 3 is 2.85 bits per heavy atom. The smallest absolute Gasteiger partial charge is 0.350 e. The number of rotatable bonds is 6. The van der Waals surface area contributed by atoms with Gasteiger partial charge in [-0.15, -0.1) is 10.2 Å². The van der Waals surface area contributed by atoms with E-state index >= 15 is 0 Å². The summed E-state index contributed by atoms with van der Waals surface area (Å²) in [6.45, 7) is -0.335. The van der Waals surface area contributed by atoms with E-state index in [9.17, 15) is 4.57 Å². The Balaban J connectivity index is 2.14. The van der Waals surface area contributed by atoms with Crippen LogP contribution in [0.3, 0.4) is 0 Å². The number of nitrogens with two attached hydrogens (primary N) is 1. The topological polar surface area (TPSA) is 169 Å². The van der Waals surface area contributed by atoms with Crippen LogP contribution in [0.15, 0.2) is 6.33 Å². The summed E-state index contributed by atoms with van der Waals surface area (Å²) in [5.41, 5.74) is 6.27. The van der Waals surface area contributed by atoms with Gasteiger partial charge in [0.15, 0.2) is 17.0 Å². The number of hydrogen-bond acceptors (Lipinski definition) is 8. The molecular weight excluding hydrogens is 291 g/mol. The third-order valence-corrected chi connectivity index (χ3v) is 2.91. The highest BCUT2D eigenvalue weighted by atomic mass is 31.2. The van der Waals surface area contributed by atoms with Crippen LogP contribution >= 0.6 is 7.60 Å². The van der Waals surface area contributed by atoms with Gasteiger partial charge in [0.1, 0.15) is 6.35 Å². The van der Waals surface area contributed by atoms with Crippen LogP contribution in [0.2, 0.25) is 0 Å². The maximum atomic E-state index is 10.7. The molecule has 0 amide bonds. The van der Waals surface area contributed by atoms with Gasteiger partial charge in [-0.3, -0.25) is 4.57 Å². The Hall–Kier alpha value is -1.65. The van der Waals surface area contributed by atoms with E-state index in [0.29, 0.717) is 11.2 Å². The lowest BCUT2D eigenvalue weighted by Gasteiger charge is -2.16. The summed E-state index contributed by atoms with van der Waals surface area (Å²) in [7, 11) is -4.29. The minimum atomic E-state index is -4.29. The van der Waals surface area contributed by atoms with Gasteiger partial charge in [0.05, 0.1) is 25.6 Å². The van der Waals surface area contributed by atoms with Crippen molar-refractivity contribution in [3.8, 4) is 0 Å². The van der Waals surface area contributed by atoms with Crippen molar-refractivity contribution in [2.45, 2.75) is 12.6 Å². The second-order valence-corrected chi connectivity index (χ2v) is 5.60. The van der Waals surface area contributed by atoms with Crippen molar-refractivity contribution in [2.24, 2.45) is 0 Å². The number of nitrogens with zero attached hydrogens (tertiary/aromatic N) is 5. The molecule has 0 aromatic carbocycles. The Morgan fingerprint density at radius 2 is 2.20 bits per heavy atom. The number of fused-ring (bicyclic) bond motifs is 1. The number of ether oxygens (including phenoxy) is 1. The average Bonchev–Trinajstić information content (AvgIpc) is 2.78. The van der Waals surface area contributed by atoms with E-state index in [2.05, 4.69) is 20.4 Å². The fraction of sp³-hybridized carbons (Fsp3) is 0.500. The van der Waals surface area contributed by atoms with E-state index in [0.717, 1.165) is 0 Å². The second kappa shape index (κ2) is 5.77. The second-order valence-electron chi connectivity index (χ2n) is 4.01. The summed E-state index contributed by atoms with van der Waals surface area (Å²) < 4.78 is 17.2. The minimum Gasteiger partial charge on any atom is -0.394 e. The van der Waals surface area contributed by atoms with E-state index in [1.54, 1.807) is 0 Å². The summed E-state index contributed by atoms with van der Waals surface area (Å²) in [6, 6.07) is 0. The summed E-state index contributed by atoms with van der Waals surface area (Å²) >= 11 is 0. The first kappa shape index (κ1) is 14.8. The SMILES string of the molecule is Nc1nnnc2c1ncn2C[C@@H](CO)OCP(=O)(O)O. The maximum absolute atomic E-state index is 10.7. The predicted octanol–water partition coefficient (Wildman–Crippen LogP) is -1.68. The molecule has 0 saturated heterocycles. The molecule has 0 unspecified atom stereocenters. The van der Waals surface area contributed by atoms with Crippen LogP contribution < -0.4 is 5.73 Å². The maximum Gasteiger partial charge on any atom is 0.350 e. The molecule has 0 fully saturated rings. The van der Waals surface area contributed by atoms with Crippen LogP contribution in [0.5, 0.6) is 0 Å². The van der Waals surface area contributed by atoms with Gasteiger partial charge in [-0.2, -0.15) is 0 Å². The van der Waals surface area contributed by atoms with Gasteiger partial charge in [0.2, 0.25) is 0 Å². The molecule has 0 radical (unpaired) electrons. The van der Waals surface area contributed by atoms with Gasteiger partial charge >= 0.3 is 7.60 Å². The third-order valence-electron chi connectivity index (χ3n) is 2.43. The van der Waals surface area contributed by atoms with Crippen LogP contribution in [-0.4, -0.2) is 58.9 Å². The van der Waals surface area contributed by atoms with Crippen molar-refractivity contribution < 1.29 is 24.2 Å². The Kier molecular flexibility index (Phi) is 4.26. The van der Waals surface area contributed by atoms with Crippen LogP contribution in [-0.2, 0) is 15.8 Å². The zero-order valence-electron chi connectivity index (χ0n) is 10.2. The van der Waals surface area contributed by atoms with E-state index < -0.39 is 26.7 Å². The average molecular weight is 304 g/mol. The quantitative estimate of drug-likeness (QED) is 0.452. The predicted molar refractivity (Wildman–Crippen MR) is 66.4 cm³/mol. The van der Waals surface area contributed by atoms with E-state index in [1.165, 1.54) is 10.9 Å². The van der Waals surface area contributed by atoms with Gasteiger partial charge in [0, 0.05) is 0 Å². The van der Waals surface area contributed by atoms with Crippen LogP contribution in [0.4, 0.5) is 5.82 Å². The van der Waals surface area contributed by atoms with E-state index in [4.69, 9.17) is 25.4 Å². The first-order valence-electron chi connectivity index (χ1n) is 5.47. The molecule has 20 heavy (non-hydrogen) atoms. The standard InChI is InChI=1S/C8H13N6O5P/c9-7-6-8(12-13-11-7)14(3-10-6)1-5(2-15)19-4-20(16,17)18/h3,5,15H,1-2,4H2,(H2,9,11,12)(H2,16,17,18)/t5-/m0/s1. The molecule has 0 aliphatic rings. The third kappa shape index (κ3) is 3.46. The molecule has 12 heteroatoms. The molecule has 2 aromatic heterocycles. The molecule has 0 aliphatic heterocycles. The van der Waals surface area contributed by atoms with Gasteiger partial charge < -0.3 is 29.9 Å². The number of aromatic nitrogens is 5. The highest BCUT2D eigenvalue weighted by molar-refractivity contribution is 7.51. The van der Waals surface area contributed by atoms with E-state index in [-0.39, 0.29) is 12.4 Å². The molecule has 5 N–H and O–H groups in total. The molecule has 0 saturated carbocycles. The fourth-order valence-corrected chi connectivity index (χ4v) is 1.95. The minimum absolute atomic E-state index is 0.0884. The molecule has 1 atom stereocenters. The van der Waals surface area contributed by atoms with Gasteiger partial charge in [0.25, 0.3) is 0 Å². The molecule has 2 rings (SSSR count). The molecule has 11 nitrogen and oxygen atoms in total.